The van der Waals surface area contributed by atoms with Crippen molar-refractivity contribution in [1.29, 1.82) is 0 Å². The summed E-state index contributed by atoms with van der Waals surface area (Å²) in [5, 5.41) is 0. The van der Waals surface area contributed by atoms with Gasteiger partial charge in [0.25, 0.3) is 0 Å². The Morgan fingerprint density at radius 1 is 0.380 bits per heavy atom. The van der Waals surface area contributed by atoms with Crippen LogP contribution >= 0.6 is 0 Å². The minimum Gasteiger partial charge on any atom is -0.462 e. The third-order valence-electron chi connectivity index (χ3n) is 9.72. The highest BCUT2D eigenvalue weighted by Gasteiger charge is 2.19. The van der Waals surface area contributed by atoms with Gasteiger partial charge in [-0.05, 0) is 31.1 Å². The Bertz CT molecular complexity index is 764. The number of esters is 3. The maximum absolute atomic E-state index is 12.6. The van der Waals surface area contributed by atoms with Gasteiger partial charge in [0.15, 0.2) is 6.10 Å². The molecule has 0 radical (unpaired) electrons. The number of carbonyl (C=O) groups is 3. The van der Waals surface area contributed by atoms with Crippen LogP contribution in [-0.2, 0) is 28.6 Å². The lowest BCUT2D eigenvalue weighted by Gasteiger charge is -2.18. The van der Waals surface area contributed by atoms with Crippen LogP contribution in [0.3, 0.4) is 0 Å². The van der Waals surface area contributed by atoms with E-state index in [-0.39, 0.29) is 31.1 Å². The number of hydrogen-bond donors (Lipinski definition) is 0. The lowest BCUT2D eigenvalue weighted by atomic mass is 10.0. The van der Waals surface area contributed by atoms with Gasteiger partial charge in [0.1, 0.15) is 13.2 Å². The monoisotopic (exact) mass is 709 g/mol. The zero-order valence-corrected chi connectivity index (χ0v) is 34.0. The molecule has 50 heavy (non-hydrogen) atoms. The SMILES string of the molecule is CCCCCCCC(=O)OC[C@H](COC(=O)CCCCCCCCCCCCCCCCC(C)C)OC(=O)CCCCCCCCCC(C)C. The fraction of sp³-hybridized carbons (Fsp3) is 0.932. The fourth-order valence-corrected chi connectivity index (χ4v) is 6.40. The lowest BCUT2D eigenvalue weighted by Crippen LogP contribution is -2.30. The molecule has 296 valence electrons. The average Bonchev–Trinajstić information content (AvgIpc) is 3.08. The highest BCUT2D eigenvalue weighted by atomic mass is 16.6. The standard InChI is InChI=1S/C44H84O6/c1-6-7-8-22-29-34-42(45)48-37-41(50-44(47)36-31-26-21-17-19-24-28-33-40(4)5)38-49-43(46)35-30-25-20-16-14-12-10-9-11-13-15-18-23-27-32-39(2)3/h39-41H,6-38H2,1-5H3/t41-/m1/s1. The molecular weight excluding hydrogens is 624 g/mol. The Balaban J connectivity index is 4.15. The van der Waals surface area contributed by atoms with E-state index < -0.39 is 6.10 Å². The predicted octanol–water partition coefficient (Wildman–Crippen LogP) is 13.4. The summed E-state index contributed by atoms with van der Waals surface area (Å²) in [7, 11) is 0. The van der Waals surface area contributed by atoms with Gasteiger partial charge in [0, 0.05) is 19.3 Å². The van der Waals surface area contributed by atoms with Crippen LogP contribution < -0.4 is 0 Å². The van der Waals surface area contributed by atoms with Crippen LogP contribution in [0, 0.1) is 11.8 Å². The molecule has 0 aromatic rings. The summed E-state index contributed by atoms with van der Waals surface area (Å²) in [4.78, 5) is 37.3. The van der Waals surface area contributed by atoms with Crippen LogP contribution in [0.4, 0.5) is 0 Å². The molecular formula is C44H84O6. The fourth-order valence-electron chi connectivity index (χ4n) is 6.40. The first-order valence-corrected chi connectivity index (χ1v) is 21.7. The van der Waals surface area contributed by atoms with Gasteiger partial charge >= 0.3 is 17.9 Å². The van der Waals surface area contributed by atoms with Gasteiger partial charge in [-0.3, -0.25) is 14.4 Å². The first-order chi connectivity index (χ1) is 24.2. The Morgan fingerprint density at radius 3 is 0.980 bits per heavy atom. The van der Waals surface area contributed by atoms with E-state index in [2.05, 4.69) is 34.6 Å². The lowest BCUT2D eigenvalue weighted by molar-refractivity contribution is -0.167. The summed E-state index contributed by atoms with van der Waals surface area (Å²) in [5.74, 6) is 0.746. The van der Waals surface area contributed by atoms with Crippen molar-refractivity contribution in [2.75, 3.05) is 13.2 Å². The maximum Gasteiger partial charge on any atom is 0.306 e. The van der Waals surface area contributed by atoms with Crippen LogP contribution in [-0.4, -0.2) is 37.2 Å². The number of hydrogen-bond acceptors (Lipinski definition) is 6. The second kappa shape index (κ2) is 37.2. The molecule has 6 heteroatoms. The van der Waals surface area contributed by atoms with Crippen LogP contribution in [0.25, 0.3) is 0 Å². The zero-order valence-electron chi connectivity index (χ0n) is 34.0. The third kappa shape index (κ3) is 37.7. The Hall–Kier alpha value is -1.59. The highest BCUT2D eigenvalue weighted by Crippen LogP contribution is 2.16. The van der Waals surface area contributed by atoms with E-state index in [9.17, 15) is 14.4 Å². The van der Waals surface area contributed by atoms with Crippen molar-refractivity contribution in [3.05, 3.63) is 0 Å². The van der Waals surface area contributed by atoms with Crippen LogP contribution in [0.5, 0.6) is 0 Å². The second-order valence-electron chi connectivity index (χ2n) is 15.9. The highest BCUT2D eigenvalue weighted by molar-refractivity contribution is 5.71. The molecule has 1 atom stereocenters. The number of unbranched alkanes of at least 4 members (excludes halogenated alkanes) is 23. The summed E-state index contributed by atoms with van der Waals surface area (Å²) >= 11 is 0. The van der Waals surface area contributed by atoms with E-state index in [1.54, 1.807) is 0 Å². The normalized spacial score (nSPS) is 12.1. The van der Waals surface area contributed by atoms with Crippen molar-refractivity contribution in [1.82, 2.24) is 0 Å². The van der Waals surface area contributed by atoms with Gasteiger partial charge in [0.2, 0.25) is 0 Å². The smallest absolute Gasteiger partial charge is 0.306 e. The molecule has 0 N–H and O–H groups in total. The molecule has 0 saturated carbocycles. The van der Waals surface area contributed by atoms with E-state index >= 15 is 0 Å². The van der Waals surface area contributed by atoms with Crippen LogP contribution in [0.15, 0.2) is 0 Å². The molecule has 0 aliphatic carbocycles. The van der Waals surface area contributed by atoms with E-state index in [0.29, 0.717) is 19.3 Å². The van der Waals surface area contributed by atoms with Gasteiger partial charge in [-0.25, -0.2) is 0 Å². The molecule has 0 rings (SSSR count). The minimum atomic E-state index is -0.758. The van der Waals surface area contributed by atoms with Crippen molar-refractivity contribution < 1.29 is 28.6 Å². The van der Waals surface area contributed by atoms with Crippen LogP contribution in [0.2, 0.25) is 0 Å². The Morgan fingerprint density at radius 2 is 0.660 bits per heavy atom. The molecule has 0 aromatic heterocycles. The van der Waals surface area contributed by atoms with Gasteiger partial charge in [-0.15, -0.1) is 0 Å². The number of ether oxygens (including phenoxy) is 3. The summed E-state index contributed by atoms with van der Waals surface area (Å²) in [6.07, 6.45) is 34.1. The molecule has 0 aromatic carbocycles. The molecule has 0 unspecified atom stereocenters. The van der Waals surface area contributed by atoms with Crippen molar-refractivity contribution in [2.45, 2.75) is 240 Å². The number of rotatable bonds is 38. The quantitative estimate of drug-likeness (QED) is 0.0361. The molecule has 0 bridgehead atoms. The molecule has 0 amide bonds. The number of carbonyl (C=O) groups excluding carboxylic acids is 3. The third-order valence-corrected chi connectivity index (χ3v) is 9.72. The average molecular weight is 709 g/mol. The largest absolute Gasteiger partial charge is 0.462 e. The van der Waals surface area contributed by atoms with Gasteiger partial charge < -0.3 is 14.2 Å². The predicted molar refractivity (Wildman–Crippen MR) is 210 cm³/mol. The van der Waals surface area contributed by atoms with Gasteiger partial charge in [-0.2, -0.15) is 0 Å². The Labute approximate surface area is 310 Å². The van der Waals surface area contributed by atoms with Crippen molar-refractivity contribution in [2.24, 2.45) is 11.8 Å². The molecule has 0 saturated heterocycles. The van der Waals surface area contributed by atoms with E-state index in [1.165, 1.54) is 116 Å². The first kappa shape index (κ1) is 48.4. The summed E-state index contributed by atoms with van der Waals surface area (Å²) in [6.45, 7) is 11.2. The van der Waals surface area contributed by atoms with Crippen molar-refractivity contribution in [3.8, 4) is 0 Å². The van der Waals surface area contributed by atoms with E-state index in [0.717, 1.165) is 76.0 Å². The van der Waals surface area contributed by atoms with Crippen molar-refractivity contribution >= 4 is 17.9 Å². The maximum atomic E-state index is 12.6. The summed E-state index contributed by atoms with van der Waals surface area (Å²) in [6, 6.07) is 0. The van der Waals surface area contributed by atoms with Gasteiger partial charge in [-0.1, -0.05) is 195 Å². The molecule has 6 nitrogen and oxygen atoms in total. The van der Waals surface area contributed by atoms with Crippen molar-refractivity contribution in [3.63, 3.8) is 0 Å². The van der Waals surface area contributed by atoms with E-state index in [1.807, 2.05) is 0 Å². The molecule has 0 heterocycles. The summed E-state index contributed by atoms with van der Waals surface area (Å²) < 4.78 is 16.6. The summed E-state index contributed by atoms with van der Waals surface area (Å²) in [5.41, 5.74) is 0. The van der Waals surface area contributed by atoms with E-state index in [4.69, 9.17) is 14.2 Å². The molecule has 0 aliphatic rings. The molecule has 0 fully saturated rings. The first-order valence-electron chi connectivity index (χ1n) is 21.7. The molecule has 0 spiro atoms. The topological polar surface area (TPSA) is 78.9 Å². The Kier molecular flexibility index (Phi) is 36.0. The van der Waals surface area contributed by atoms with Crippen LogP contribution in [0.1, 0.15) is 234 Å². The molecule has 0 aliphatic heterocycles. The minimum absolute atomic E-state index is 0.0666. The van der Waals surface area contributed by atoms with Gasteiger partial charge in [0.05, 0.1) is 0 Å². The second-order valence-corrected chi connectivity index (χ2v) is 15.9. The zero-order chi connectivity index (χ0) is 36.9.